The van der Waals surface area contributed by atoms with Crippen molar-refractivity contribution in [2.45, 2.75) is 26.2 Å². The van der Waals surface area contributed by atoms with Crippen LogP contribution in [0, 0.1) is 0 Å². The third-order valence-electron chi connectivity index (χ3n) is 2.95. The van der Waals surface area contributed by atoms with Gasteiger partial charge in [-0.05, 0) is 25.9 Å². The minimum absolute atomic E-state index is 0.0812. The van der Waals surface area contributed by atoms with E-state index in [0.717, 1.165) is 19.6 Å². The first-order chi connectivity index (χ1) is 8.68. The van der Waals surface area contributed by atoms with Gasteiger partial charge < -0.3 is 20.9 Å². The molecule has 1 rings (SSSR count). The van der Waals surface area contributed by atoms with Crippen LogP contribution in [0.25, 0.3) is 0 Å². The number of hydrogen-bond acceptors (Lipinski definition) is 3. The van der Waals surface area contributed by atoms with Crippen molar-refractivity contribution in [3.05, 3.63) is 0 Å². The number of likely N-dealkylation sites (tertiary alicyclic amines) is 1. The molecule has 1 saturated heterocycles. The fourth-order valence-electron chi connectivity index (χ4n) is 1.99. The molecule has 0 aromatic carbocycles. The lowest BCUT2D eigenvalue weighted by Crippen LogP contribution is -2.43. The second-order valence-corrected chi connectivity index (χ2v) is 4.57. The Morgan fingerprint density at radius 3 is 2.22 bits per heavy atom. The van der Waals surface area contributed by atoms with E-state index in [2.05, 4.69) is 20.9 Å². The van der Waals surface area contributed by atoms with Crippen LogP contribution >= 0.6 is 0 Å². The Bertz CT molecular complexity index is 265. The molecule has 0 saturated carbocycles. The Labute approximate surface area is 108 Å². The van der Waals surface area contributed by atoms with Crippen molar-refractivity contribution < 1.29 is 9.59 Å². The summed E-state index contributed by atoms with van der Waals surface area (Å²) < 4.78 is 0. The van der Waals surface area contributed by atoms with Crippen molar-refractivity contribution in [2.24, 2.45) is 0 Å². The van der Waals surface area contributed by atoms with Crippen LogP contribution in [0.2, 0.25) is 0 Å². The number of urea groups is 1. The van der Waals surface area contributed by atoms with E-state index in [1.165, 1.54) is 26.2 Å². The number of rotatable bonds is 6. The Kier molecular flexibility index (Phi) is 7.17. The summed E-state index contributed by atoms with van der Waals surface area (Å²) in [6, 6.07) is -0.169. The maximum Gasteiger partial charge on any atom is 0.314 e. The first-order valence-corrected chi connectivity index (χ1v) is 6.67. The normalized spacial score (nSPS) is 16.1. The lowest BCUT2D eigenvalue weighted by molar-refractivity contribution is -0.118. The summed E-state index contributed by atoms with van der Waals surface area (Å²) in [7, 11) is 0. The van der Waals surface area contributed by atoms with Crippen molar-refractivity contribution in [3.63, 3.8) is 0 Å². The highest BCUT2D eigenvalue weighted by Crippen LogP contribution is 2.07. The van der Waals surface area contributed by atoms with E-state index in [1.54, 1.807) is 0 Å². The number of hydrogen-bond donors (Lipinski definition) is 3. The summed E-state index contributed by atoms with van der Waals surface area (Å²) in [5, 5.41) is 8.13. The monoisotopic (exact) mass is 256 g/mol. The quantitative estimate of drug-likeness (QED) is 0.581. The maximum atomic E-state index is 11.4. The topological polar surface area (TPSA) is 73.5 Å². The molecule has 0 radical (unpaired) electrons. The number of nitrogens with one attached hydrogen (secondary N) is 3. The average molecular weight is 256 g/mol. The first kappa shape index (κ1) is 14.8. The van der Waals surface area contributed by atoms with Gasteiger partial charge in [-0.2, -0.15) is 0 Å². The van der Waals surface area contributed by atoms with Crippen LogP contribution < -0.4 is 16.0 Å². The van der Waals surface area contributed by atoms with Crippen molar-refractivity contribution in [3.8, 4) is 0 Å². The predicted octanol–water partition coefficient (Wildman–Crippen LogP) is -0.0924. The van der Waals surface area contributed by atoms with Gasteiger partial charge in [0, 0.05) is 33.1 Å². The number of amides is 3. The van der Waals surface area contributed by atoms with Crippen molar-refractivity contribution in [2.75, 3.05) is 39.3 Å². The van der Waals surface area contributed by atoms with Crippen molar-refractivity contribution in [1.29, 1.82) is 0 Å². The third kappa shape index (κ3) is 7.11. The maximum absolute atomic E-state index is 11.4. The van der Waals surface area contributed by atoms with Crippen molar-refractivity contribution in [1.82, 2.24) is 20.9 Å². The van der Waals surface area contributed by atoms with Gasteiger partial charge >= 0.3 is 6.03 Å². The van der Waals surface area contributed by atoms with Crippen LogP contribution in [0.5, 0.6) is 0 Å². The lowest BCUT2D eigenvalue weighted by Gasteiger charge is -2.26. The van der Waals surface area contributed by atoms with Gasteiger partial charge in [0.05, 0.1) is 0 Å². The Morgan fingerprint density at radius 2 is 1.56 bits per heavy atom. The summed E-state index contributed by atoms with van der Waals surface area (Å²) in [6.07, 6.45) is 3.86. The van der Waals surface area contributed by atoms with E-state index in [9.17, 15) is 9.59 Å². The van der Waals surface area contributed by atoms with E-state index < -0.39 is 0 Å². The molecule has 6 nitrogen and oxygen atoms in total. The largest absolute Gasteiger partial charge is 0.355 e. The zero-order valence-corrected chi connectivity index (χ0v) is 11.1. The Balaban J connectivity index is 1.94. The van der Waals surface area contributed by atoms with Gasteiger partial charge in [-0.3, -0.25) is 4.79 Å². The molecule has 6 heteroatoms. The number of piperidine rings is 1. The average Bonchev–Trinajstić information content (AvgIpc) is 2.36. The summed E-state index contributed by atoms with van der Waals surface area (Å²) in [5.41, 5.74) is 0. The molecule has 0 aromatic heterocycles. The Morgan fingerprint density at radius 1 is 0.944 bits per heavy atom. The summed E-state index contributed by atoms with van der Waals surface area (Å²) in [5.74, 6) is -0.0812. The van der Waals surface area contributed by atoms with Crippen LogP contribution in [0.4, 0.5) is 4.79 Å². The molecule has 0 unspecified atom stereocenters. The fraction of sp³-hybridized carbons (Fsp3) is 0.833. The first-order valence-electron chi connectivity index (χ1n) is 6.67. The summed E-state index contributed by atoms with van der Waals surface area (Å²) >= 11 is 0. The smallest absolute Gasteiger partial charge is 0.314 e. The van der Waals surface area contributed by atoms with E-state index >= 15 is 0 Å². The molecule has 0 aliphatic carbocycles. The molecule has 0 bridgehead atoms. The zero-order chi connectivity index (χ0) is 13.2. The van der Waals surface area contributed by atoms with Gasteiger partial charge in [-0.1, -0.05) is 6.42 Å². The van der Waals surface area contributed by atoms with E-state index in [1.807, 2.05) is 0 Å². The molecule has 1 aliphatic heterocycles. The number of nitrogens with zero attached hydrogens (tertiary/aromatic N) is 1. The van der Waals surface area contributed by atoms with E-state index in [-0.39, 0.29) is 11.9 Å². The van der Waals surface area contributed by atoms with Gasteiger partial charge in [0.15, 0.2) is 0 Å². The molecular weight excluding hydrogens is 232 g/mol. The Hall–Kier alpha value is -1.30. The number of carbonyl (C=O) groups is 2. The SMILES string of the molecule is CC(=O)NCCNC(=O)NCCN1CCCCC1. The van der Waals surface area contributed by atoms with Gasteiger partial charge in [0.1, 0.15) is 0 Å². The molecule has 104 valence electrons. The highest BCUT2D eigenvalue weighted by atomic mass is 16.2. The van der Waals surface area contributed by atoms with Gasteiger partial charge in [-0.15, -0.1) is 0 Å². The van der Waals surface area contributed by atoms with Crippen LogP contribution in [-0.2, 0) is 4.79 Å². The summed E-state index contributed by atoms with van der Waals surface area (Å²) in [4.78, 5) is 24.3. The van der Waals surface area contributed by atoms with Gasteiger partial charge in [0.2, 0.25) is 5.91 Å². The zero-order valence-electron chi connectivity index (χ0n) is 11.1. The fourth-order valence-corrected chi connectivity index (χ4v) is 1.99. The van der Waals surface area contributed by atoms with E-state index in [0.29, 0.717) is 19.6 Å². The predicted molar refractivity (Wildman–Crippen MR) is 70.4 cm³/mol. The highest BCUT2D eigenvalue weighted by Gasteiger charge is 2.09. The molecule has 0 spiro atoms. The second kappa shape index (κ2) is 8.74. The van der Waals surface area contributed by atoms with Crippen LogP contribution in [0.15, 0.2) is 0 Å². The molecule has 0 atom stereocenters. The highest BCUT2D eigenvalue weighted by molar-refractivity contribution is 5.74. The minimum Gasteiger partial charge on any atom is -0.355 e. The van der Waals surface area contributed by atoms with Gasteiger partial charge in [-0.25, -0.2) is 4.79 Å². The molecule has 18 heavy (non-hydrogen) atoms. The number of carbonyl (C=O) groups excluding carboxylic acids is 2. The molecule has 1 heterocycles. The molecule has 1 fully saturated rings. The van der Waals surface area contributed by atoms with E-state index in [4.69, 9.17) is 0 Å². The van der Waals surface area contributed by atoms with Crippen LogP contribution in [0.1, 0.15) is 26.2 Å². The van der Waals surface area contributed by atoms with Crippen LogP contribution in [-0.4, -0.2) is 56.1 Å². The molecule has 3 N–H and O–H groups in total. The molecule has 3 amide bonds. The minimum atomic E-state index is -0.169. The third-order valence-corrected chi connectivity index (χ3v) is 2.95. The molecule has 1 aliphatic rings. The standard InChI is InChI=1S/C12H24N4O2/c1-11(17)13-5-6-14-12(18)15-7-10-16-8-3-2-4-9-16/h2-10H2,1H3,(H,13,17)(H2,14,15,18). The van der Waals surface area contributed by atoms with Gasteiger partial charge in [0.25, 0.3) is 0 Å². The second-order valence-electron chi connectivity index (χ2n) is 4.57. The van der Waals surface area contributed by atoms with Crippen molar-refractivity contribution >= 4 is 11.9 Å². The van der Waals surface area contributed by atoms with Crippen LogP contribution in [0.3, 0.4) is 0 Å². The lowest BCUT2D eigenvalue weighted by atomic mass is 10.1. The molecule has 0 aromatic rings. The summed E-state index contributed by atoms with van der Waals surface area (Å²) in [6.45, 7) is 6.26. The molecular formula is C12H24N4O2.